The number of rotatable bonds is 6. The van der Waals surface area contributed by atoms with Gasteiger partial charge in [0, 0.05) is 18.3 Å². The molecule has 1 aliphatic heterocycles. The average Bonchev–Trinajstić information content (AvgIpc) is 2.89. The van der Waals surface area contributed by atoms with Crippen LogP contribution in [0.25, 0.3) is 10.8 Å². The van der Waals surface area contributed by atoms with Crippen molar-refractivity contribution in [3.05, 3.63) is 60.2 Å². The SMILES string of the molecule is CCOc1ccc2ccccc2c1C(=O)Nc1ccc2c(c1)OCC(C)(C)C(=O)N2CC(C)C. The maximum atomic E-state index is 13.4. The standard InChI is InChI=1S/C28H32N2O4/c1-6-33-23-14-11-19-9-7-8-10-21(19)25(23)26(31)29-20-12-13-22-24(15-20)34-17-28(4,5)27(32)30(22)16-18(2)3/h7-15,18H,6,16-17H2,1-5H3,(H,29,31). The van der Waals surface area contributed by atoms with E-state index in [1.165, 1.54) is 0 Å². The van der Waals surface area contributed by atoms with Gasteiger partial charge in [-0.1, -0.05) is 44.2 Å². The molecule has 0 fully saturated rings. The van der Waals surface area contributed by atoms with Crippen LogP contribution in [0.3, 0.4) is 0 Å². The first kappa shape index (κ1) is 23.6. The van der Waals surface area contributed by atoms with Gasteiger partial charge in [-0.15, -0.1) is 0 Å². The minimum absolute atomic E-state index is 0.0360. The number of amides is 2. The number of carbonyl (C=O) groups excluding carboxylic acids is 2. The van der Waals surface area contributed by atoms with Gasteiger partial charge in [0.05, 0.1) is 23.3 Å². The summed E-state index contributed by atoms with van der Waals surface area (Å²) >= 11 is 0. The quantitative estimate of drug-likeness (QED) is 0.497. The molecule has 2 amide bonds. The second kappa shape index (κ2) is 9.37. The molecule has 1 heterocycles. The summed E-state index contributed by atoms with van der Waals surface area (Å²) in [4.78, 5) is 28.4. The van der Waals surface area contributed by atoms with Gasteiger partial charge in [0.15, 0.2) is 0 Å². The molecule has 1 N–H and O–H groups in total. The van der Waals surface area contributed by atoms with Crippen molar-refractivity contribution in [1.29, 1.82) is 0 Å². The summed E-state index contributed by atoms with van der Waals surface area (Å²) in [5.74, 6) is 1.20. The Kier molecular flexibility index (Phi) is 6.51. The molecule has 178 valence electrons. The Hall–Kier alpha value is -3.54. The van der Waals surface area contributed by atoms with Gasteiger partial charge in [-0.2, -0.15) is 0 Å². The van der Waals surface area contributed by atoms with E-state index in [0.29, 0.717) is 41.8 Å². The van der Waals surface area contributed by atoms with Gasteiger partial charge in [0.25, 0.3) is 5.91 Å². The maximum absolute atomic E-state index is 13.4. The molecule has 0 saturated carbocycles. The number of hydrogen-bond donors (Lipinski definition) is 1. The van der Waals surface area contributed by atoms with Crippen molar-refractivity contribution >= 4 is 34.0 Å². The van der Waals surface area contributed by atoms with Crippen LogP contribution < -0.4 is 19.7 Å². The molecule has 4 rings (SSSR count). The third kappa shape index (κ3) is 4.58. The highest BCUT2D eigenvalue weighted by Crippen LogP contribution is 2.39. The topological polar surface area (TPSA) is 67.9 Å². The fourth-order valence-corrected chi connectivity index (χ4v) is 4.23. The Bertz CT molecular complexity index is 1230. The molecule has 3 aromatic carbocycles. The Labute approximate surface area is 200 Å². The molecule has 0 atom stereocenters. The Balaban J connectivity index is 1.70. The van der Waals surface area contributed by atoms with Crippen LogP contribution in [-0.4, -0.2) is 31.6 Å². The van der Waals surface area contributed by atoms with E-state index < -0.39 is 5.41 Å². The summed E-state index contributed by atoms with van der Waals surface area (Å²) < 4.78 is 11.8. The van der Waals surface area contributed by atoms with Crippen molar-refractivity contribution < 1.29 is 19.1 Å². The van der Waals surface area contributed by atoms with E-state index in [0.717, 1.165) is 16.5 Å². The van der Waals surface area contributed by atoms with Crippen LogP contribution in [0.15, 0.2) is 54.6 Å². The van der Waals surface area contributed by atoms with Crippen molar-refractivity contribution in [1.82, 2.24) is 0 Å². The first-order chi connectivity index (χ1) is 16.2. The normalized spacial score (nSPS) is 15.0. The van der Waals surface area contributed by atoms with E-state index in [2.05, 4.69) is 19.2 Å². The predicted molar refractivity (Wildman–Crippen MR) is 136 cm³/mol. The number of nitrogens with one attached hydrogen (secondary N) is 1. The number of benzene rings is 3. The smallest absolute Gasteiger partial charge is 0.260 e. The molecule has 0 saturated heterocycles. The van der Waals surface area contributed by atoms with Gasteiger partial charge < -0.3 is 19.7 Å². The average molecular weight is 461 g/mol. The zero-order chi connectivity index (χ0) is 24.5. The van der Waals surface area contributed by atoms with E-state index in [4.69, 9.17) is 9.47 Å². The molecule has 0 radical (unpaired) electrons. The zero-order valence-electron chi connectivity index (χ0n) is 20.5. The summed E-state index contributed by atoms with van der Waals surface area (Å²) in [6.45, 7) is 11.2. The lowest BCUT2D eigenvalue weighted by Gasteiger charge is -2.29. The molecule has 0 unspecified atom stereocenters. The lowest BCUT2D eigenvalue weighted by molar-refractivity contribution is -0.127. The molecule has 0 aliphatic carbocycles. The van der Waals surface area contributed by atoms with Crippen molar-refractivity contribution in [2.45, 2.75) is 34.6 Å². The van der Waals surface area contributed by atoms with Gasteiger partial charge in [-0.05, 0) is 55.7 Å². The highest BCUT2D eigenvalue weighted by atomic mass is 16.5. The molecular weight excluding hydrogens is 428 g/mol. The first-order valence-electron chi connectivity index (χ1n) is 11.8. The summed E-state index contributed by atoms with van der Waals surface area (Å²) in [7, 11) is 0. The third-order valence-corrected chi connectivity index (χ3v) is 5.89. The van der Waals surface area contributed by atoms with Crippen LogP contribution in [0.1, 0.15) is 45.0 Å². The summed E-state index contributed by atoms with van der Waals surface area (Å²) in [5.41, 5.74) is 1.17. The number of ether oxygens (including phenoxy) is 2. The molecule has 0 aromatic heterocycles. The molecule has 6 nitrogen and oxygen atoms in total. The fourth-order valence-electron chi connectivity index (χ4n) is 4.23. The van der Waals surface area contributed by atoms with Gasteiger partial charge in [0.1, 0.15) is 18.1 Å². The van der Waals surface area contributed by atoms with E-state index >= 15 is 0 Å². The molecule has 0 spiro atoms. The van der Waals surface area contributed by atoms with Crippen LogP contribution >= 0.6 is 0 Å². The lowest BCUT2D eigenvalue weighted by Crippen LogP contribution is -2.43. The van der Waals surface area contributed by atoms with Gasteiger partial charge in [-0.25, -0.2) is 0 Å². The summed E-state index contributed by atoms with van der Waals surface area (Å²) in [5, 5.41) is 4.80. The largest absolute Gasteiger partial charge is 0.493 e. The van der Waals surface area contributed by atoms with Gasteiger partial charge in [-0.3, -0.25) is 9.59 Å². The van der Waals surface area contributed by atoms with Gasteiger partial charge in [0.2, 0.25) is 5.91 Å². The van der Waals surface area contributed by atoms with E-state index in [-0.39, 0.29) is 18.4 Å². The van der Waals surface area contributed by atoms with Crippen molar-refractivity contribution in [3.63, 3.8) is 0 Å². The molecule has 0 bridgehead atoms. The number of anilines is 2. The number of fused-ring (bicyclic) bond motifs is 2. The molecule has 6 heteroatoms. The number of nitrogens with zero attached hydrogens (tertiary/aromatic N) is 1. The zero-order valence-corrected chi connectivity index (χ0v) is 20.5. The van der Waals surface area contributed by atoms with Crippen LogP contribution in [-0.2, 0) is 4.79 Å². The van der Waals surface area contributed by atoms with Crippen molar-refractivity contribution in [2.75, 3.05) is 30.0 Å². The molecule has 3 aromatic rings. The summed E-state index contributed by atoms with van der Waals surface area (Å²) in [6, 6.07) is 17.0. The van der Waals surface area contributed by atoms with Gasteiger partial charge >= 0.3 is 0 Å². The molecular formula is C28H32N2O4. The number of hydrogen-bond acceptors (Lipinski definition) is 4. The van der Waals surface area contributed by atoms with E-state index in [1.807, 2.05) is 69.3 Å². The van der Waals surface area contributed by atoms with Crippen LogP contribution in [0.2, 0.25) is 0 Å². The molecule has 34 heavy (non-hydrogen) atoms. The minimum atomic E-state index is -0.646. The highest BCUT2D eigenvalue weighted by molar-refractivity contribution is 6.15. The van der Waals surface area contributed by atoms with Crippen molar-refractivity contribution in [2.24, 2.45) is 11.3 Å². The lowest BCUT2D eigenvalue weighted by atomic mass is 9.92. The molecule has 1 aliphatic rings. The highest BCUT2D eigenvalue weighted by Gasteiger charge is 2.38. The summed E-state index contributed by atoms with van der Waals surface area (Å²) in [6.07, 6.45) is 0. The fraction of sp³-hybridized carbons (Fsp3) is 0.357. The Morgan fingerprint density at radius 1 is 1.15 bits per heavy atom. The number of carbonyl (C=O) groups is 2. The first-order valence-corrected chi connectivity index (χ1v) is 11.8. The second-order valence-corrected chi connectivity index (χ2v) is 9.71. The Morgan fingerprint density at radius 2 is 1.91 bits per heavy atom. The Morgan fingerprint density at radius 3 is 2.65 bits per heavy atom. The second-order valence-electron chi connectivity index (χ2n) is 9.71. The predicted octanol–water partition coefficient (Wildman–Crippen LogP) is 5.90. The van der Waals surface area contributed by atoms with Crippen LogP contribution in [0.5, 0.6) is 11.5 Å². The third-order valence-electron chi connectivity index (χ3n) is 5.89. The monoisotopic (exact) mass is 460 g/mol. The van der Waals surface area contributed by atoms with Crippen LogP contribution in [0, 0.1) is 11.3 Å². The minimum Gasteiger partial charge on any atom is -0.493 e. The van der Waals surface area contributed by atoms with E-state index in [1.54, 1.807) is 11.0 Å². The van der Waals surface area contributed by atoms with Crippen LogP contribution in [0.4, 0.5) is 11.4 Å². The maximum Gasteiger partial charge on any atom is 0.260 e. The van der Waals surface area contributed by atoms with Crippen molar-refractivity contribution in [3.8, 4) is 11.5 Å². The van der Waals surface area contributed by atoms with E-state index in [9.17, 15) is 9.59 Å².